The minimum absolute atomic E-state index is 0.149. The lowest BCUT2D eigenvalue weighted by Crippen LogP contribution is -2.26. The zero-order chi connectivity index (χ0) is 23.8. The standard InChI is InChI=1S/C28H28O6/c1-2-16-32-27(28(29)30)18-20-11-13-21(14-12-20)31-17-15-22-23-7-3-5-9-25(23)33-19-34-26-10-6-4-8-24(22)26/h3-15,27H,2,16-19H2,1H3,(H,29,30). The molecule has 0 bridgehead atoms. The number of carboxylic acid groups (broad SMARTS) is 1. The number of aliphatic carboxylic acids is 1. The summed E-state index contributed by atoms with van der Waals surface area (Å²) in [6.45, 7) is 2.87. The Bertz CT molecular complexity index is 1090. The number of ether oxygens (including phenoxy) is 4. The van der Waals surface area contributed by atoms with Crippen molar-refractivity contribution in [3.05, 3.63) is 95.6 Å². The average molecular weight is 461 g/mol. The highest BCUT2D eigenvalue weighted by atomic mass is 16.7. The molecule has 0 amide bonds. The van der Waals surface area contributed by atoms with Gasteiger partial charge in [-0.25, -0.2) is 4.79 Å². The van der Waals surface area contributed by atoms with Gasteiger partial charge in [0.15, 0.2) is 6.10 Å². The number of hydrogen-bond donors (Lipinski definition) is 1. The first-order valence-corrected chi connectivity index (χ1v) is 11.4. The van der Waals surface area contributed by atoms with Crippen LogP contribution in [0.3, 0.4) is 0 Å². The molecule has 34 heavy (non-hydrogen) atoms. The maximum Gasteiger partial charge on any atom is 0.333 e. The van der Waals surface area contributed by atoms with Gasteiger partial charge in [-0.2, -0.15) is 0 Å². The Labute approximate surface area is 199 Å². The summed E-state index contributed by atoms with van der Waals surface area (Å²) < 4.78 is 23.0. The van der Waals surface area contributed by atoms with Crippen molar-refractivity contribution in [3.63, 3.8) is 0 Å². The van der Waals surface area contributed by atoms with Crippen LogP contribution in [0.4, 0.5) is 0 Å². The van der Waals surface area contributed by atoms with E-state index < -0.39 is 12.1 Å². The first-order chi connectivity index (χ1) is 16.7. The zero-order valence-corrected chi connectivity index (χ0v) is 19.1. The lowest BCUT2D eigenvalue weighted by molar-refractivity contribution is -0.150. The number of carbonyl (C=O) groups is 1. The van der Waals surface area contributed by atoms with Crippen molar-refractivity contribution >= 4 is 11.5 Å². The van der Waals surface area contributed by atoms with Crippen LogP contribution in [0.15, 0.2) is 78.9 Å². The Morgan fingerprint density at radius 3 is 2.18 bits per heavy atom. The molecule has 1 unspecified atom stereocenters. The van der Waals surface area contributed by atoms with E-state index in [9.17, 15) is 9.90 Å². The van der Waals surface area contributed by atoms with E-state index in [-0.39, 0.29) is 6.79 Å². The predicted molar refractivity (Wildman–Crippen MR) is 129 cm³/mol. The van der Waals surface area contributed by atoms with Crippen molar-refractivity contribution in [2.24, 2.45) is 0 Å². The molecular weight excluding hydrogens is 432 g/mol. The molecule has 0 aromatic heterocycles. The van der Waals surface area contributed by atoms with E-state index in [4.69, 9.17) is 18.9 Å². The summed E-state index contributed by atoms with van der Waals surface area (Å²) in [4.78, 5) is 11.4. The Morgan fingerprint density at radius 2 is 1.59 bits per heavy atom. The topological polar surface area (TPSA) is 74.2 Å². The first kappa shape index (κ1) is 23.4. The molecule has 3 aromatic carbocycles. The molecule has 0 fully saturated rings. The van der Waals surface area contributed by atoms with E-state index in [0.29, 0.717) is 25.4 Å². The van der Waals surface area contributed by atoms with E-state index in [1.807, 2.05) is 85.8 Å². The summed E-state index contributed by atoms with van der Waals surface area (Å²) in [6, 6.07) is 23.2. The van der Waals surface area contributed by atoms with Crippen molar-refractivity contribution in [2.75, 3.05) is 20.0 Å². The molecule has 0 spiro atoms. The van der Waals surface area contributed by atoms with Crippen LogP contribution in [0.1, 0.15) is 30.0 Å². The maximum atomic E-state index is 11.4. The number of benzene rings is 3. The van der Waals surface area contributed by atoms with E-state index in [1.165, 1.54) is 0 Å². The van der Waals surface area contributed by atoms with Gasteiger partial charge in [-0.05, 0) is 47.9 Å². The number of para-hydroxylation sites is 2. The fourth-order valence-electron chi connectivity index (χ4n) is 3.79. The van der Waals surface area contributed by atoms with Gasteiger partial charge in [0.2, 0.25) is 6.79 Å². The second-order valence-corrected chi connectivity index (χ2v) is 7.87. The van der Waals surface area contributed by atoms with E-state index >= 15 is 0 Å². The van der Waals surface area contributed by atoms with Gasteiger partial charge in [0.25, 0.3) is 0 Å². The molecule has 6 heteroatoms. The van der Waals surface area contributed by atoms with Crippen LogP contribution in [-0.2, 0) is 16.0 Å². The smallest absolute Gasteiger partial charge is 0.333 e. The van der Waals surface area contributed by atoms with Gasteiger partial charge in [-0.15, -0.1) is 0 Å². The molecule has 3 aromatic rings. The lowest BCUT2D eigenvalue weighted by Gasteiger charge is -2.21. The van der Waals surface area contributed by atoms with E-state index in [2.05, 4.69) is 0 Å². The highest BCUT2D eigenvalue weighted by molar-refractivity contribution is 5.85. The molecule has 0 saturated heterocycles. The monoisotopic (exact) mass is 460 g/mol. The Balaban J connectivity index is 1.49. The Kier molecular flexibility index (Phi) is 7.83. The van der Waals surface area contributed by atoms with Crippen molar-refractivity contribution in [2.45, 2.75) is 25.9 Å². The van der Waals surface area contributed by atoms with Crippen molar-refractivity contribution < 1.29 is 28.8 Å². The molecule has 1 atom stereocenters. The molecule has 4 rings (SSSR count). The zero-order valence-electron chi connectivity index (χ0n) is 19.1. The van der Waals surface area contributed by atoms with Gasteiger partial charge in [0, 0.05) is 24.2 Å². The molecule has 176 valence electrons. The van der Waals surface area contributed by atoms with Gasteiger partial charge >= 0.3 is 5.97 Å². The maximum absolute atomic E-state index is 11.4. The summed E-state index contributed by atoms with van der Waals surface area (Å²) in [7, 11) is 0. The molecule has 6 nitrogen and oxygen atoms in total. The summed E-state index contributed by atoms with van der Waals surface area (Å²) in [5, 5.41) is 9.36. The van der Waals surface area contributed by atoms with Gasteiger partial charge in [-0.1, -0.05) is 55.5 Å². The average Bonchev–Trinajstić information content (AvgIpc) is 2.85. The van der Waals surface area contributed by atoms with Gasteiger partial charge < -0.3 is 24.1 Å². The molecular formula is C28H28O6. The Hall–Kier alpha value is -3.77. The van der Waals surface area contributed by atoms with Gasteiger partial charge in [-0.3, -0.25) is 0 Å². The number of fused-ring (bicyclic) bond motifs is 2. The van der Waals surface area contributed by atoms with E-state index in [1.54, 1.807) is 0 Å². The van der Waals surface area contributed by atoms with Crippen LogP contribution in [0.25, 0.3) is 5.57 Å². The number of rotatable bonds is 9. The first-order valence-electron chi connectivity index (χ1n) is 11.4. The van der Waals surface area contributed by atoms with Crippen LogP contribution in [0.2, 0.25) is 0 Å². The summed E-state index contributed by atoms with van der Waals surface area (Å²) >= 11 is 0. The molecule has 1 aliphatic heterocycles. The number of hydrogen-bond acceptors (Lipinski definition) is 5. The summed E-state index contributed by atoms with van der Waals surface area (Å²) in [6.07, 6.45) is 2.26. The molecule has 0 radical (unpaired) electrons. The third-order valence-corrected chi connectivity index (χ3v) is 5.46. The van der Waals surface area contributed by atoms with Crippen LogP contribution in [0, 0.1) is 0 Å². The number of carboxylic acids is 1. The quantitative estimate of drug-likeness (QED) is 0.464. The third kappa shape index (κ3) is 5.77. The van der Waals surface area contributed by atoms with Crippen LogP contribution in [-0.4, -0.2) is 37.2 Å². The Morgan fingerprint density at radius 1 is 0.971 bits per heavy atom. The fraction of sp³-hybridized carbons (Fsp3) is 0.250. The van der Waals surface area contributed by atoms with Crippen LogP contribution >= 0.6 is 0 Å². The van der Waals surface area contributed by atoms with Gasteiger partial charge in [0.1, 0.15) is 23.9 Å². The van der Waals surface area contributed by atoms with Crippen LogP contribution < -0.4 is 14.2 Å². The highest BCUT2D eigenvalue weighted by Crippen LogP contribution is 2.37. The second kappa shape index (κ2) is 11.4. The predicted octanol–water partition coefficient (Wildman–Crippen LogP) is 5.35. The molecule has 0 saturated carbocycles. The summed E-state index contributed by atoms with van der Waals surface area (Å²) in [5.41, 5.74) is 3.80. The SMILES string of the molecule is CCCOC(Cc1ccc(OCC=C2c3ccccc3OCOc3ccccc32)cc1)C(=O)O. The summed E-state index contributed by atoms with van der Waals surface area (Å²) in [5.74, 6) is 1.26. The normalized spacial score (nSPS) is 13.3. The van der Waals surface area contributed by atoms with E-state index in [0.717, 1.165) is 40.2 Å². The van der Waals surface area contributed by atoms with Crippen LogP contribution in [0.5, 0.6) is 17.2 Å². The van der Waals surface area contributed by atoms with Crippen molar-refractivity contribution in [1.82, 2.24) is 0 Å². The second-order valence-electron chi connectivity index (χ2n) is 7.87. The highest BCUT2D eigenvalue weighted by Gasteiger charge is 2.19. The van der Waals surface area contributed by atoms with Crippen molar-refractivity contribution in [3.8, 4) is 17.2 Å². The molecule has 1 N–H and O–H groups in total. The molecule has 1 heterocycles. The molecule has 0 aliphatic carbocycles. The third-order valence-electron chi connectivity index (χ3n) is 5.46. The van der Waals surface area contributed by atoms with Crippen molar-refractivity contribution in [1.29, 1.82) is 0 Å². The minimum atomic E-state index is -0.951. The molecule has 1 aliphatic rings. The largest absolute Gasteiger partial charge is 0.490 e. The fourth-order valence-corrected chi connectivity index (χ4v) is 3.79. The minimum Gasteiger partial charge on any atom is -0.490 e. The van der Waals surface area contributed by atoms with Gasteiger partial charge in [0.05, 0.1) is 0 Å². The lowest BCUT2D eigenvalue weighted by atomic mass is 9.95.